The van der Waals surface area contributed by atoms with Gasteiger partial charge >= 0.3 is 0 Å². The summed E-state index contributed by atoms with van der Waals surface area (Å²) < 4.78 is 7.25. The summed E-state index contributed by atoms with van der Waals surface area (Å²) in [6.45, 7) is 6.37. The van der Waals surface area contributed by atoms with E-state index in [9.17, 15) is 9.59 Å². The Morgan fingerprint density at radius 2 is 1.90 bits per heavy atom. The molecule has 0 radical (unpaired) electrons. The second-order valence-electron chi connectivity index (χ2n) is 8.08. The number of amides is 2. The van der Waals surface area contributed by atoms with Crippen molar-refractivity contribution in [1.29, 1.82) is 0 Å². The fourth-order valence-electron chi connectivity index (χ4n) is 3.97. The van der Waals surface area contributed by atoms with E-state index in [-0.39, 0.29) is 11.8 Å². The van der Waals surface area contributed by atoms with Crippen LogP contribution in [0.15, 0.2) is 18.2 Å². The van der Waals surface area contributed by atoms with E-state index < -0.39 is 6.10 Å². The van der Waals surface area contributed by atoms with Gasteiger partial charge in [-0.25, -0.2) is 0 Å². The molecule has 0 bridgehead atoms. The summed E-state index contributed by atoms with van der Waals surface area (Å²) in [4.78, 5) is 27.7. The van der Waals surface area contributed by atoms with E-state index in [2.05, 4.69) is 20.6 Å². The highest BCUT2D eigenvalue weighted by Crippen LogP contribution is 2.31. The topological polar surface area (TPSA) is 88.5 Å². The van der Waals surface area contributed by atoms with E-state index in [1.807, 2.05) is 27.0 Å². The van der Waals surface area contributed by atoms with Crippen LogP contribution in [-0.2, 0) is 16.6 Å². The molecule has 2 saturated heterocycles. The van der Waals surface area contributed by atoms with Crippen LogP contribution >= 0.6 is 0 Å². The van der Waals surface area contributed by atoms with Gasteiger partial charge in [0.2, 0.25) is 0 Å². The van der Waals surface area contributed by atoms with Gasteiger partial charge in [-0.3, -0.25) is 14.3 Å². The summed E-state index contributed by atoms with van der Waals surface area (Å²) in [6.07, 6.45) is 3.47. The van der Waals surface area contributed by atoms with Gasteiger partial charge in [-0.1, -0.05) is 6.07 Å². The van der Waals surface area contributed by atoms with Gasteiger partial charge in [-0.05, 0) is 57.2 Å². The lowest BCUT2D eigenvalue weighted by Crippen LogP contribution is -2.27. The molecule has 0 unspecified atom stereocenters. The number of anilines is 3. The molecule has 2 aliphatic heterocycles. The van der Waals surface area contributed by atoms with E-state index in [0.29, 0.717) is 17.9 Å². The molecule has 0 saturated carbocycles. The third-order valence-electron chi connectivity index (χ3n) is 5.94. The van der Waals surface area contributed by atoms with E-state index in [4.69, 9.17) is 4.74 Å². The highest BCUT2D eigenvalue weighted by atomic mass is 16.5. The van der Waals surface area contributed by atoms with Gasteiger partial charge in [0, 0.05) is 38.0 Å². The number of benzene rings is 1. The van der Waals surface area contributed by atoms with Crippen molar-refractivity contribution in [1.82, 2.24) is 9.78 Å². The van der Waals surface area contributed by atoms with Crippen molar-refractivity contribution in [2.75, 3.05) is 35.2 Å². The summed E-state index contributed by atoms with van der Waals surface area (Å²) in [5.41, 5.74) is 3.66. The molecule has 160 valence electrons. The van der Waals surface area contributed by atoms with Crippen molar-refractivity contribution >= 4 is 29.0 Å². The minimum absolute atomic E-state index is 0.160. The normalized spacial score (nSPS) is 18.6. The van der Waals surface area contributed by atoms with E-state index in [0.717, 1.165) is 61.5 Å². The monoisotopic (exact) mass is 411 g/mol. The quantitative estimate of drug-likeness (QED) is 0.790. The number of ether oxygens (including phenoxy) is 1. The largest absolute Gasteiger partial charge is 0.368 e. The maximum atomic E-state index is 13.0. The van der Waals surface area contributed by atoms with E-state index >= 15 is 0 Å². The zero-order valence-corrected chi connectivity index (χ0v) is 17.8. The molecule has 3 heterocycles. The van der Waals surface area contributed by atoms with Crippen LogP contribution in [0.2, 0.25) is 0 Å². The molecule has 8 heteroatoms. The first-order valence-corrected chi connectivity index (χ1v) is 10.6. The number of hydrogen-bond acceptors (Lipinski definition) is 5. The summed E-state index contributed by atoms with van der Waals surface area (Å²) in [6, 6.07) is 5.34. The Morgan fingerprint density at radius 3 is 2.60 bits per heavy atom. The fraction of sp³-hybridized carbons (Fsp3) is 0.500. The first-order chi connectivity index (χ1) is 14.4. The van der Waals surface area contributed by atoms with Crippen LogP contribution in [0.3, 0.4) is 0 Å². The third kappa shape index (κ3) is 4.05. The van der Waals surface area contributed by atoms with Crippen molar-refractivity contribution in [3.05, 3.63) is 35.0 Å². The molecule has 0 aliphatic carbocycles. The smallest absolute Gasteiger partial charge is 0.255 e. The molecule has 1 aromatic carbocycles. The standard InChI is InChI=1S/C22H29N5O3/c1-14-8-9-16(13-17(14)23-22(29)18-7-6-12-30-18)21(28)24-19-15(2)26(3)25-20(19)27-10-4-5-11-27/h8-9,13,18H,4-7,10-12H2,1-3H3,(H,23,29)(H,24,28)/t18-/m1/s1. The molecule has 8 nitrogen and oxygen atoms in total. The number of aryl methyl sites for hydroxylation is 2. The summed E-state index contributed by atoms with van der Waals surface area (Å²) >= 11 is 0. The fourth-order valence-corrected chi connectivity index (χ4v) is 3.97. The highest BCUT2D eigenvalue weighted by Gasteiger charge is 2.25. The first kappa shape index (κ1) is 20.4. The molecule has 1 aromatic heterocycles. The highest BCUT2D eigenvalue weighted by molar-refractivity contribution is 6.07. The Morgan fingerprint density at radius 1 is 1.13 bits per heavy atom. The Labute approximate surface area is 176 Å². The molecule has 2 amide bonds. The summed E-state index contributed by atoms with van der Waals surface area (Å²) in [5, 5.41) is 10.6. The molecule has 2 N–H and O–H groups in total. The van der Waals surface area contributed by atoms with Crippen LogP contribution < -0.4 is 15.5 Å². The van der Waals surface area contributed by atoms with Gasteiger partial charge < -0.3 is 20.3 Å². The number of carbonyl (C=O) groups excluding carboxylic acids is 2. The van der Waals surface area contributed by atoms with Crippen molar-refractivity contribution in [3.8, 4) is 0 Å². The van der Waals surface area contributed by atoms with Crippen LogP contribution in [0.4, 0.5) is 17.2 Å². The van der Waals surface area contributed by atoms with Crippen molar-refractivity contribution in [2.45, 2.75) is 45.6 Å². The molecular weight excluding hydrogens is 382 g/mol. The van der Waals surface area contributed by atoms with E-state index in [1.165, 1.54) is 0 Å². The van der Waals surface area contributed by atoms with Crippen molar-refractivity contribution in [3.63, 3.8) is 0 Å². The number of nitrogens with one attached hydrogen (secondary N) is 2. The number of rotatable bonds is 5. The van der Waals surface area contributed by atoms with E-state index in [1.54, 1.807) is 16.8 Å². The molecule has 2 aliphatic rings. The van der Waals surface area contributed by atoms with Gasteiger partial charge in [0.15, 0.2) is 5.82 Å². The minimum Gasteiger partial charge on any atom is -0.368 e. The zero-order chi connectivity index (χ0) is 21.3. The summed E-state index contributed by atoms with van der Waals surface area (Å²) in [5.74, 6) is 0.437. The van der Waals surface area contributed by atoms with Crippen LogP contribution in [-0.4, -0.2) is 47.4 Å². The SMILES string of the molecule is Cc1ccc(C(=O)Nc2c(N3CCCC3)nn(C)c2C)cc1NC(=O)[C@H]1CCCO1. The second kappa shape index (κ2) is 8.47. The predicted octanol–water partition coefficient (Wildman–Crippen LogP) is 3.01. The van der Waals surface area contributed by atoms with Crippen LogP contribution in [0, 0.1) is 13.8 Å². The lowest BCUT2D eigenvalue weighted by molar-refractivity contribution is -0.124. The number of nitrogens with zero attached hydrogens (tertiary/aromatic N) is 3. The molecule has 2 aromatic rings. The average molecular weight is 412 g/mol. The van der Waals surface area contributed by atoms with Gasteiger partial charge in [0.1, 0.15) is 11.8 Å². The first-order valence-electron chi connectivity index (χ1n) is 10.6. The third-order valence-corrected chi connectivity index (χ3v) is 5.94. The lowest BCUT2D eigenvalue weighted by Gasteiger charge is -2.17. The Bertz CT molecular complexity index is 956. The van der Waals surface area contributed by atoms with Gasteiger partial charge in [-0.15, -0.1) is 0 Å². The van der Waals surface area contributed by atoms with Crippen molar-refractivity contribution < 1.29 is 14.3 Å². The minimum atomic E-state index is -0.414. The van der Waals surface area contributed by atoms with Crippen molar-refractivity contribution in [2.24, 2.45) is 7.05 Å². The maximum absolute atomic E-state index is 13.0. The van der Waals surface area contributed by atoms with Crippen LogP contribution in [0.5, 0.6) is 0 Å². The van der Waals surface area contributed by atoms with Gasteiger partial charge in [0.25, 0.3) is 11.8 Å². The lowest BCUT2D eigenvalue weighted by atomic mass is 10.1. The Balaban J connectivity index is 1.53. The predicted molar refractivity (Wildman–Crippen MR) is 116 cm³/mol. The average Bonchev–Trinajstić information content (AvgIpc) is 3.48. The maximum Gasteiger partial charge on any atom is 0.255 e. The molecule has 4 rings (SSSR count). The number of carbonyl (C=O) groups is 2. The zero-order valence-electron chi connectivity index (χ0n) is 17.8. The Kier molecular flexibility index (Phi) is 5.76. The molecular formula is C22H29N5O3. The summed E-state index contributed by atoms with van der Waals surface area (Å²) in [7, 11) is 1.88. The molecule has 30 heavy (non-hydrogen) atoms. The van der Waals surface area contributed by atoms with Gasteiger partial charge in [0.05, 0.1) is 5.69 Å². The number of aromatic nitrogens is 2. The van der Waals surface area contributed by atoms with Crippen LogP contribution in [0.25, 0.3) is 0 Å². The molecule has 1 atom stereocenters. The second-order valence-corrected chi connectivity index (χ2v) is 8.08. The molecule has 2 fully saturated rings. The molecule has 0 spiro atoms. The van der Waals surface area contributed by atoms with Crippen LogP contribution in [0.1, 0.15) is 47.3 Å². The number of hydrogen-bond donors (Lipinski definition) is 2. The Hall–Kier alpha value is -2.87. The van der Waals surface area contributed by atoms with Gasteiger partial charge in [-0.2, -0.15) is 5.10 Å².